The second-order valence-corrected chi connectivity index (χ2v) is 12.6. The highest BCUT2D eigenvalue weighted by Crippen LogP contribution is 2.42. The predicted molar refractivity (Wildman–Crippen MR) is 181 cm³/mol. The fourth-order valence-corrected chi connectivity index (χ4v) is 7.03. The standard InChI is InChI=1S/C36H38BF2N5O5/c1-48-27-12-7-23(8-13-27)30-16-18-32-29(6-4-3-5-26-22-42(41-40-26)21-25-11-20-34(45)36(47)35(25)46)33-19-17-31(44(33)37(38,39)43(30)32)24-9-14-28(49-2)15-10-24/h7-20,22,25,34-36,45-47H,3-6,21H2,1-2H3/t25-,34+,35-,36-/m1/s1. The molecule has 2 aromatic heterocycles. The Hall–Kier alpha value is -4.85. The number of rotatable bonds is 11. The van der Waals surface area contributed by atoms with Gasteiger partial charge in [0.25, 0.3) is 0 Å². The number of hydrogen-bond donors (Lipinski definition) is 3. The quantitative estimate of drug-likeness (QED) is 0.123. The first-order valence-corrected chi connectivity index (χ1v) is 16.4. The zero-order valence-electron chi connectivity index (χ0n) is 27.2. The number of halogens is 2. The lowest BCUT2D eigenvalue weighted by Gasteiger charge is -2.33. The molecule has 4 atom stereocenters. The Morgan fingerprint density at radius 3 is 2.14 bits per heavy atom. The van der Waals surface area contributed by atoms with Crippen LogP contribution in [0.2, 0.25) is 0 Å². The number of aryl methyl sites for hydroxylation is 1. The van der Waals surface area contributed by atoms with Gasteiger partial charge in [0, 0.05) is 46.8 Å². The van der Waals surface area contributed by atoms with E-state index < -0.39 is 31.2 Å². The molecule has 0 radical (unpaired) electrons. The lowest BCUT2D eigenvalue weighted by Crippen LogP contribution is -2.51. The molecule has 10 nitrogen and oxygen atoms in total. The van der Waals surface area contributed by atoms with Crippen molar-refractivity contribution in [3.8, 4) is 22.8 Å². The number of benzene rings is 2. The number of aliphatic hydroxyl groups excluding tert-OH is 3. The topological polar surface area (TPSA) is 118 Å². The number of hydrogen-bond acceptors (Lipinski definition) is 7. The first-order valence-electron chi connectivity index (χ1n) is 16.4. The Bertz CT molecular complexity index is 1970. The van der Waals surface area contributed by atoms with Crippen molar-refractivity contribution >= 4 is 18.3 Å². The van der Waals surface area contributed by atoms with Crippen LogP contribution in [0.4, 0.5) is 8.63 Å². The molecule has 4 heterocycles. The highest BCUT2D eigenvalue weighted by Gasteiger charge is 2.54. The number of ether oxygens (including phenoxy) is 2. The molecule has 0 fully saturated rings. The van der Waals surface area contributed by atoms with Gasteiger partial charge in [-0.3, -0.25) is 4.68 Å². The van der Waals surface area contributed by atoms with Gasteiger partial charge >= 0.3 is 6.97 Å². The Morgan fingerprint density at radius 2 is 1.45 bits per heavy atom. The predicted octanol–water partition coefficient (Wildman–Crippen LogP) is 4.46. The number of aliphatic hydroxyl groups is 3. The molecule has 49 heavy (non-hydrogen) atoms. The molecule has 0 saturated heterocycles. The zero-order chi connectivity index (χ0) is 34.3. The molecule has 2 aliphatic heterocycles. The minimum absolute atomic E-state index is 0.309. The van der Waals surface area contributed by atoms with E-state index in [-0.39, 0.29) is 0 Å². The van der Waals surface area contributed by atoms with Gasteiger partial charge in [0.05, 0.1) is 32.6 Å². The molecule has 0 spiro atoms. The summed E-state index contributed by atoms with van der Waals surface area (Å²) in [6.45, 7) is -3.96. The van der Waals surface area contributed by atoms with Crippen LogP contribution in [0, 0.1) is 5.92 Å². The van der Waals surface area contributed by atoms with Gasteiger partial charge in [0.2, 0.25) is 0 Å². The Morgan fingerprint density at radius 1 is 0.796 bits per heavy atom. The highest BCUT2D eigenvalue weighted by molar-refractivity contribution is 6.59. The van der Waals surface area contributed by atoms with Gasteiger partial charge in [-0.05, 0) is 91.9 Å². The number of nitrogens with zero attached hydrogens (tertiary/aromatic N) is 5. The summed E-state index contributed by atoms with van der Waals surface area (Å²) in [7, 11) is 3.14. The first kappa shape index (κ1) is 32.7. The second kappa shape index (κ2) is 13.2. The van der Waals surface area contributed by atoms with Crippen LogP contribution in [0.5, 0.6) is 11.5 Å². The van der Waals surface area contributed by atoms with Crippen molar-refractivity contribution < 1.29 is 37.9 Å². The van der Waals surface area contributed by atoms with E-state index >= 15 is 8.63 Å². The van der Waals surface area contributed by atoms with Crippen molar-refractivity contribution in [1.82, 2.24) is 19.5 Å². The van der Waals surface area contributed by atoms with Gasteiger partial charge in [-0.15, -0.1) is 5.10 Å². The molecule has 0 saturated carbocycles. The van der Waals surface area contributed by atoms with Crippen molar-refractivity contribution in [3.05, 3.63) is 114 Å². The third kappa shape index (κ3) is 6.02. The van der Waals surface area contributed by atoms with Gasteiger partial charge in [-0.1, -0.05) is 17.4 Å². The second-order valence-electron chi connectivity index (χ2n) is 12.6. The monoisotopic (exact) mass is 669 g/mol. The zero-order valence-corrected chi connectivity index (χ0v) is 27.2. The summed E-state index contributed by atoms with van der Waals surface area (Å²) in [6, 6.07) is 17.8. The minimum atomic E-state index is -4.27. The maximum absolute atomic E-state index is 16.9. The summed E-state index contributed by atoms with van der Waals surface area (Å²) in [6.07, 6.45) is 7.75. The number of unbranched alkanes of at least 4 members (excludes halogenated alkanes) is 1. The van der Waals surface area contributed by atoms with Crippen molar-refractivity contribution in [3.63, 3.8) is 0 Å². The van der Waals surface area contributed by atoms with Crippen LogP contribution in [0.3, 0.4) is 0 Å². The molecular weight excluding hydrogens is 631 g/mol. The molecule has 0 unspecified atom stereocenters. The van der Waals surface area contributed by atoms with Crippen LogP contribution >= 0.6 is 0 Å². The van der Waals surface area contributed by atoms with E-state index in [1.165, 1.54) is 15.0 Å². The van der Waals surface area contributed by atoms with E-state index in [2.05, 4.69) is 10.3 Å². The molecule has 3 aliphatic rings. The number of allylic oxidation sites excluding steroid dienone is 3. The maximum Gasteiger partial charge on any atom is 0.737 e. The van der Waals surface area contributed by atoms with E-state index in [0.717, 1.165) is 24.1 Å². The molecule has 7 rings (SSSR count). The van der Waals surface area contributed by atoms with Gasteiger partial charge in [0.1, 0.15) is 23.7 Å². The molecule has 4 aromatic rings. The van der Waals surface area contributed by atoms with Crippen molar-refractivity contribution in [1.29, 1.82) is 0 Å². The van der Waals surface area contributed by atoms with Crippen LogP contribution in [0.15, 0.2) is 96.9 Å². The number of methoxy groups -OCH3 is 2. The molecule has 0 amide bonds. The maximum atomic E-state index is 16.9. The molecule has 3 N–H and O–H groups in total. The normalized spacial score (nSPS) is 22.4. The summed E-state index contributed by atoms with van der Waals surface area (Å²) in [5.41, 5.74) is 4.80. The third-order valence-corrected chi connectivity index (χ3v) is 9.64. The van der Waals surface area contributed by atoms with E-state index in [1.54, 1.807) is 97.8 Å². The van der Waals surface area contributed by atoms with Gasteiger partial charge in [-0.2, -0.15) is 0 Å². The number of fused-ring (bicyclic) bond motifs is 2. The van der Waals surface area contributed by atoms with E-state index in [9.17, 15) is 15.3 Å². The summed E-state index contributed by atoms with van der Waals surface area (Å²) in [5, 5.41) is 38.6. The average molecular weight is 670 g/mol. The van der Waals surface area contributed by atoms with E-state index in [0.29, 0.717) is 64.8 Å². The van der Waals surface area contributed by atoms with Crippen LogP contribution in [0.25, 0.3) is 16.8 Å². The highest BCUT2D eigenvalue weighted by atomic mass is 19.2. The lowest BCUT2D eigenvalue weighted by atomic mass is 9.85. The summed E-state index contributed by atoms with van der Waals surface area (Å²) >= 11 is 0. The summed E-state index contributed by atoms with van der Waals surface area (Å²) in [4.78, 5) is 0. The van der Waals surface area contributed by atoms with Crippen LogP contribution in [-0.4, -0.2) is 84.5 Å². The van der Waals surface area contributed by atoms with Crippen LogP contribution in [0.1, 0.15) is 36.2 Å². The summed E-state index contributed by atoms with van der Waals surface area (Å²) in [5.74, 6) is 0.888. The number of aromatic nitrogens is 4. The molecule has 1 aliphatic carbocycles. The van der Waals surface area contributed by atoms with E-state index in [4.69, 9.17) is 9.47 Å². The Balaban J connectivity index is 1.15. The third-order valence-electron chi connectivity index (χ3n) is 9.64. The van der Waals surface area contributed by atoms with Gasteiger partial charge < -0.3 is 42.4 Å². The molecular formula is C36H38BF2N5O5. The van der Waals surface area contributed by atoms with Crippen LogP contribution < -0.4 is 9.47 Å². The van der Waals surface area contributed by atoms with E-state index in [1.807, 2.05) is 6.20 Å². The minimum Gasteiger partial charge on any atom is -0.497 e. The molecule has 0 bridgehead atoms. The van der Waals surface area contributed by atoms with Crippen LogP contribution in [-0.2, 0) is 13.0 Å². The SMILES string of the molecule is COc1ccc(C2=[N+]3C(=C(CCCCc4cn(C[C@H]5C=C[C@H](O)[C@@H](O)[C@@H]5O)nn4)c4ccc(-c5ccc(OC)cc5)n4[B-]3(F)F)C=C2)cc1. The van der Waals surface area contributed by atoms with Crippen molar-refractivity contribution in [2.24, 2.45) is 5.92 Å². The largest absolute Gasteiger partial charge is 0.737 e. The molecule has 13 heteroatoms. The summed E-state index contributed by atoms with van der Waals surface area (Å²) < 4.78 is 48.5. The van der Waals surface area contributed by atoms with Crippen molar-refractivity contribution in [2.75, 3.05) is 14.2 Å². The van der Waals surface area contributed by atoms with Gasteiger partial charge in [-0.25, -0.2) is 0 Å². The molecule has 2 aromatic carbocycles. The Labute approximate surface area is 282 Å². The van der Waals surface area contributed by atoms with Gasteiger partial charge in [0.15, 0.2) is 11.4 Å². The average Bonchev–Trinajstić information content (AvgIpc) is 3.88. The Kier molecular flexibility index (Phi) is 8.82. The smallest absolute Gasteiger partial charge is 0.497 e. The van der Waals surface area contributed by atoms with Crippen molar-refractivity contribution in [2.45, 2.75) is 50.5 Å². The molecule has 254 valence electrons. The fourth-order valence-electron chi connectivity index (χ4n) is 7.03. The first-order chi connectivity index (χ1) is 23.7. The lowest BCUT2D eigenvalue weighted by molar-refractivity contribution is -0.361. The fraction of sp³-hybridized carbons (Fsp3) is 0.306.